The van der Waals surface area contributed by atoms with E-state index in [1.807, 2.05) is 35.4 Å². The minimum absolute atomic E-state index is 0.0699. The molecule has 0 saturated carbocycles. The lowest BCUT2D eigenvalue weighted by Gasteiger charge is -2.21. The molecule has 1 aliphatic rings. The third-order valence-electron chi connectivity index (χ3n) is 3.25. The van der Waals surface area contributed by atoms with Crippen LogP contribution >= 0.6 is 38.9 Å². The van der Waals surface area contributed by atoms with Gasteiger partial charge in [0.2, 0.25) is 5.88 Å². The summed E-state index contributed by atoms with van der Waals surface area (Å²) in [4.78, 5) is 6.82. The zero-order valence-corrected chi connectivity index (χ0v) is 14.3. The Labute approximate surface area is 141 Å². The summed E-state index contributed by atoms with van der Waals surface area (Å²) in [7, 11) is 0. The number of hydrogen-bond acceptors (Lipinski definition) is 4. The van der Waals surface area contributed by atoms with E-state index in [2.05, 4.69) is 28.1 Å². The average Bonchev–Trinajstić information content (AvgIpc) is 3.02. The summed E-state index contributed by atoms with van der Waals surface area (Å²) >= 11 is 11.2. The van der Waals surface area contributed by atoms with E-state index in [4.69, 9.17) is 22.2 Å². The molecule has 2 aromatic rings. The Balaban J connectivity index is 1.70. The average molecular weight is 386 g/mol. The third-order valence-corrected chi connectivity index (χ3v) is 5.18. The van der Waals surface area contributed by atoms with Crippen molar-refractivity contribution in [2.45, 2.75) is 12.5 Å². The second kappa shape index (κ2) is 6.40. The van der Waals surface area contributed by atoms with Crippen LogP contribution in [0.5, 0.6) is 0 Å². The van der Waals surface area contributed by atoms with Gasteiger partial charge in [-0.25, -0.2) is 0 Å². The van der Waals surface area contributed by atoms with Gasteiger partial charge in [0, 0.05) is 22.5 Å². The lowest BCUT2D eigenvalue weighted by atomic mass is 10.1. The lowest BCUT2D eigenvalue weighted by molar-refractivity contribution is -0.118. The monoisotopic (exact) mass is 384 g/mol. The summed E-state index contributed by atoms with van der Waals surface area (Å²) in [6, 6.07) is 12.1. The second-order valence-electron chi connectivity index (χ2n) is 4.77. The van der Waals surface area contributed by atoms with Gasteiger partial charge in [-0.1, -0.05) is 23.7 Å². The van der Waals surface area contributed by atoms with E-state index >= 15 is 0 Å². The number of halogens is 2. The number of hydroxylamine groups is 2. The van der Waals surface area contributed by atoms with E-state index in [1.54, 1.807) is 11.3 Å². The fourth-order valence-corrected chi connectivity index (χ4v) is 4.00. The molecule has 0 spiro atoms. The first kappa shape index (κ1) is 14.9. The number of nitrogens with zero attached hydrogens (tertiary/aromatic N) is 1. The molecule has 6 heteroatoms. The second-order valence-corrected chi connectivity index (χ2v) is 7.70. The normalized spacial score (nSPS) is 18.6. The minimum atomic E-state index is 0.0699. The fourth-order valence-electron chi connectivity index (χ4n) is 2.29. The molecule has 1 atom stereocenters. The number of thiophene rings is 1. The zero-order chi connectivity index (χ0) is 14.8. The molecule has 2 heterocycles. The molecule has 1 aliphatic heterocycles. The highest BCUT2D eigenvalue weighted by molar-refractivity contribution is 9.11. The van der Waals surface area contributed by atoms with Gasteiger partial charge in [0.25, 0.3) is 0 Å². The van der Waals surface area contributed by atoms with Crippen molar-refractivity contribution in [3.63, 3.8) is 0 Å². The zero-order valence-electron chi connectivity index (χ0n) is 11.1. The van der Waals surface area contributed by atoms with Gasteiger partial charge in [0.15, 0.2) is 0 Å². The van der Waals surface area contributed by atoms with Crippen molar-refractivity contribution in [2.75, 3.05) is 6.54 Å². The van der Waals surface area contributed by atoms with Crippen molar-refractivity contribution in [1.82, 2.24) is 5.06 Å². The highest BCUT2D eigenvalue weighted by atomic mass is 79.9. The van der Waals surface area contributed by atoms with Crippen LogP contribution in [0.4, 0.5) is 0 Å². The van der Waals surface area contributed by atoms with Crippen LogP contribution < -0.4 is 5.73 Å². The fraction of sp³-hybridized carbons (Fsp3) is 0.200. The first-order valence-corrected chi connectivity index (χ1v) is 8.52. The highest BCUT2D eigenvalue weighted by Crippen LogP contribution is 2.35. The molecule has 2 N–H and O–H groups in total. The van der Waals surface area contributed by atoms with Crippen molar-refractivity contribution >= 4 is 38.9 Å². The standard InChI is InChI=1S/C15H14BrClN2OS/c16-14-5-4-13(21-14)12-9-15(18)20-19(12)7-6-10-2-1-3-11(17)8-10/h1-5,8-9,12H,6-7,18H2. The largest absolute Gasteiger partial charge is 0.388 e. The Morgan fingerprint density at radius 2 is 2.19 bits per heavy atom. The smallest absolute Gasteiger partial charge is 0.207 e. The van der Waals surface area contributed by atoms with E-state index < -0.39 is 0 Å². The number of hydrogen-bond donors (Lipinski definition) is 1. The van der Waals surface area contributed by atoms with Gasteiger partial charge in [-0.15, -0.1) is 16.4 Å². The van der Waals surface area contributed by atoms with Crippen LogP contribution in [0.1, 0.15) is 16.5 Å². The Morgan fingerprint density at radius 3 is 2.90 bits per heavy atom. The molecule has 1 aromatic heterocycles. The summed E-state index contributed by atoms with van der Waals surface area (Å²) in [5.74, 6) is 0.454. The molecular weight excluding hydrogens is 372 g/mol. The molecule has 0 fully saturated rings. The number of rotatable bonds is 4. The van der Waals surface area contributed by atoms with Crippen molar-refractivity contribution in [3.05, 3.63) is 67.6 Å². The molecule has 1 unspecified atom stereocenters. The molecule has 0 amide bonds. The summed E-state index contributed by atoms with van der Waals surface area (Å²) in [5.41, 5.74) is 7.00. The van der Waals surface area contributed by atoms with Crippen LogP contribution in [0.25, 0.3) is 0 Å². The molecule has 1 aromatic carbocycles. The molecule has 0 saturated heterocycles. The third kappa shape index (κ3) is 3.61. The van der Waals surface area contributed by atoms with E-state index in [0.717, 1.165) is 21.8 Å². The Bertz CT molecular complexity index is 673. The van der Waals surface area contributed by atoms with Crippen LogP contribution in [0.15, 0.2) is 52.1 Å². The maximum Gasteiger partial charge on any atom is 0.207 e. The van der Waals surface area contributed by atoms with Crippen molar-refractivity contribution < 1.29 is 4.84 Å². The van der Waals surface area contributed by atoms with Gasteiger partial charge in [-0.3, -0.25) is 0 Å². The highest BCUT2D eigenvalue weighted by Gasteiger charge is 2.28. The first-order chi connectivity index (χ1) is 10.1. The van der Waals surface area contributed by atoms with E-state index in [0.29, 0.717) is 5.88 Å². The predicted octanol–water partition coefficient (Wildman–Crippen LogP) is 4.50. The molecule has 3 rings (SSSR count). The van der Waals surface area contributed by atoms with Crippen molar-refractivity contribution in [3.8, 4) is 0 Å². The Morgan fingerprint density at radius 1 is 1.33 bits per heavy atom. The van der Waals surface area contributed by atoms with Gasteiger partial charge in [-0.05, 0) is 52.2 Å². The quantitative estimate of drug-likeness (QED) is 0.842. The molecular formula is C15H14BrClN2OS. The van der Waals surface area contributed by atoms with Crippen LogP contribution in [-0.2, 0) is 11.3 Å². The molecule has 21 heavy (non-hydrogen) atoms. The molecule has 0 bridgehead atoms. The van der Waals surface area contributed by atoms with E-state index in [9.17, 15) is 0 Å². The Hall–Kier alpha value is -1.01. The topological polar surface area (TPSA) is 38.5 Å². The summed E-state index contributed by atoms with van der Waals surface area (Å²) in [6.07, 6.45) is 2.79. The maximum atomic E-state index is 6.01. The van der Waals surface area contributed by atoms with Gasteiger partial charge in [-0.2, -0.15) is 0 Å². The number of nitrogens with two attached hydrogens (primary N) is 1. The maximum absolute atomic E-state index is 6.01. The van der Waals surface area contributed by atoms with Crippen molar-refractivity contribution in [1.29, 1.82) is 0 Å². The molecule has 0 radical (unpaired) electrons. The summed E-state index contributed by atoms with van der Waals surface area (Å²) in [6.45, 7) is 0.748. The Kier molecular flexibility index (Phi) is 4.54. The lowest BCUT2D eigenvalue weighted by Crippen LogP contribution is -2.25. The van der Waals surface area contributed by atoms with Gasteiger partial charge in [0.1, 0.15) is 6.04 Å². The predicted molar refractivity (Wildman–Crippen MR) is 90.0 cm³/mol. The van der Waals surface area contributed by atoms with Crippen LogP contribution in [0.3, 0.4) is 0 Å². The van der Waals surface area contributed by atoms with E-state index in [1.165, 1.54) is 10.4 Å². The molecule has 0 aliphatic carbocycles. The molecule has 110 valence electrons. The van der Waals surface area contributed by atoms with E-state index in [-0.39, 0.29) is 6.04 Å². The number of benzene rings is 1. The van der Waals surface area contributed by atoms with Crippen molar-refractivity contribution in [2.24, 2.45) is 5.73 Å². The van der Waals surface area contributed by atoms with Gasteiger partial charge >= 0.3 is 0 Å². The van der Waals surface area contributed by atoms with Gasteiger partial charge < -0.3 is 10.6 Å². The molecule has 3 nitrogen and oxygen atoms in total. The summed E-state index contributed by atoms with van der Waals surface area (Å²) < 4.78 is 1.10. The summed E-state index contributed by atoms with van der Waals surface area (Å²) in [5, 5.41) is 2.67. The van der Waals surface area contributed by atoms with Crippen LogP contribution in [0.2, 0.25) is 5.02 Å². The van der Waals surface area contributed by atoms with Gasteiger partial charge in [0.05, 0.1) is 3.79 Å². The minimum Gasteiger partial charge on any atom is -0.388 e. The van der Waals surface area contributed by atoms with Crippen LogP contribution in [0, 0.1) is 0 Å². The first-order valence-electron chi connectivity index (χ1n) is 6.53. The van der Waals surface area contributed by atoms with Crippen LogP contribution in [-0.4, -0.2) is 11.6 Å². The SMILES string of the molecule is NC1=CC(c2ccc(Br)s2)N(CCc2cccc(Cl)c2)O1.